The van der Waals surface area contributed by atoms with Crippen molar-refractivity contribution in [2.45, 2.75) is 25.9 Å². The van der Waals surface area contributed by atoms with E-state index in [9.17, 15) is 9.50 Å². The zero-order chi connectivity index (χ0) is 10.6. The second-order valence-corrected chi connectivity index (χ2v) is 3.46. The van der Waals surface area contributed by atoms with E-state index in [0.29, 0.717) is 18.5 Å². The van der Waals surface area contributed by atoms with E-state index in [1.807, 2.05) is 0 Å². The van der Waals surface area contributed by atoms with E-state index in [4.69, 9.17) is 5.73 Å². The first-order chi connectivity index (χ1) is 6.65. The standard InChI is InChI=1S/C11H16FNO/c1-8-7-9(4-5-10(8)12)11(14)3-2-6-13/h4-5,7,11,14H,2-3,6,13H2,1H3/t11-/m0/s1. The molecule has 0 aromatic heterocycles. The van der Waals surface area contributed by atoms with Gasteiger partial charge in [0, 0.05) is 0 Å². The van der Waals surface area contributed by atoms with E-state index in [0.717, 1.165) is 12.0 Å². The van der Waals surface area contributed by atoms with Crippen LogP contribution in [0.3, 0.4) is 0 Å². The SMILES string of the molecule is Cc1cc([C@@H](O)CCCN)ccc1F. The zero-order valence-electron chi connectivity index (χ0n) is 8.33. The van der Waals surface area contributed by atoms with Gasteiger partial charge in [-0.05, 0) is 43.5 Å². The summed E-state index contributed by atoms with van der Waals surface area (Å²) in [5, 5.41) is 9.69. The number of aliphatic hydroxyl groups is 1. The minimum absolute atomic E-state index is 0.236. The molecule has 0 unspecified atom stereocenters. The summed E-state index contributed by atoms with van der Waals surface area (Å²) in [6, 6.07) is 4.68. The number of aryl methyl sites for hydroxylation is 1. The number of hydrogen-bond acceptors (Lipinski definition) is 2. The average Bonchev–Trinajstić information content (AvgIpc) is 2.18. The van der Waals surface area contributed by atoms with E-state index in [1.165, 1.54) is 6.07 Å². The van der Waals surface area contributed by atoms with Crippen molar-refractivity contribution in [3.05, 3.63) is 35.1 Å². The molecule has 0 aliphatic rings. The van der Waals surface area contributed by atoms with Gasteiger partial charge in [0.25, 0.3) is 0 Å². The van der Waals surface area contributed by atoms with E-state index in [-0.39, 0.29) is 5.82 Å². The Bertz CT molecular complexity index is 301. The molecule has 1 aromatic rings. The largest absolute Gasteiger partial charge is 0.388 e. The van der Waals surface area contributed by atoms with Crippen LogP contribution < -0.4 is 5.73 Å². The summed E-state index contributed by atoms with van der Waals surface area (Å²) >= 11 is 0. The smallest absolute Gasteiger partial charge is 0.126 e. The van der Waals surface area contributed by atoms with Crippen molar-refractivity contribution in [3.63, 3.8) is 0 Å². The highest BCUT2D eigenvalue weighted by Crippen LogP contribution is 2.20. The number of halogens is 1. The molecule has 0 spiro atoms. The summed E-state index contributed by atoms with van der Waals surface area (Å²) in [6.45, 7) is 2.26. The Balaban J connectivity index is 2.70. The third kappa shape index (κ3) is 2.79. The lowest BCUT2D eigenvalue weighted by molar-refractivity contribution is 0.165. The highest BCUT2D eigenvalue weighted by molar-refractivity contribution is 5.25. The summed E-state index contributed by atoms with van der Waals surface area (Å²) in [5.74, 6) is -0.236. The second kappa shape index (κ2) is 5.08. The number of nitrogens with two attached hydrogens (primary N) is 1. The lowest BCUT2D eigenvalue weighted by Gasteiger charge is -2.11. The number of benzene rings is 1. The molecule has 1 atom stereocenters. The van der Waals surface area contributed by atoms with Gasteiger partial charge in [0.05, 0.1) is 6.10 Å². The van der Waals surface area contributed by atoms with E-state index in [2.05, 4.69) is 0 Å². The van der Waals surface area contributed by atoms with Gasteiger partial charge in [0.15, 0.2) is 0 Å². The fourth-order valence-corrected chi connectivity index (χ4v) is 1.35. The monoisotopic (exact) mass is 197 g/mol. The van der Waals surface area contributed by atoms with Crippen molar-refractivity contribution in [3.8, 4) is 0 Å². The van der Waals surface area contributed by atoms with Gasteiger partial charge in [0.1, 0.15) is 5.82 Å². The van der Waals surface area contributed by atoms with Crippen LogP contribution in [0, 0.1) is 12.7 Å². The molecular weight excluding hydrogens is 181 g/mol. The third-order valence-electron chi connectivity index (χ3n) is 2.25. The number of rotatable bonds is 4. The molecule has 0 aliphatic heterocycles. The second-order valence-electron chi connectivity index (χ2n) is 3.46. The number of hydrogen-bond donors (Lipinski definition) is 2. The van der Waals surface area contributed by atoms with Crippen molar-refractivity contribution < 1.29 is 9.50 Å². The molecule has 14 heavy (non-hydrogen) atoms. The molecule has 78 valence electrons. The Labute approximate surface area is 83.6 Å². The molecule has 0 radical (unpaired) electrons. The minimum Gasteiger partial charge on any atom is -0.388 e. The van der Waals surface area contributed by atoms with Crippen LogP contribution in [-0.4, -0.2) is 11.7 Å². The Hall–Kier alpha value is -0.930. The first-order valence-corrected chi connectivity index (χ1v) is 4.79. The van der Waals surface area contributed by atoms with Crippen molar-refractivity contribution in [1.82, 2.24) is 0 Å². The highest BCUT2D eigenvalue weighted by atomic mass is 19.1. The number of aliphatic hydroxyl groups excluding tert-OH is 1. The minimum atomic E-state index is -0.530. The molecule has 0 bridgehead atoms. The predicted octanol–water partition coefficient (Wildman–Crippen LogP) is 1.91. The van der Waals surface area contributed by atoms with Gasteiger partial charge in [0.2, 0.25) is 0 Å². The van der Waals surface area contributed by atoms with Crippen molar-refractivity contribution >= 4 is 0 Å². The van der Waals surface area contributed by atoms with Gasteiger partial charge in [-0.2, -0.15) is 0 Å². The van der Waals surface area contributed by atoms with Gasteiger partial charge in [-0.1, -0.05) is 12.1 Å². The van der Waals surface area contributed by atoms with Crippen LogP contribution in [0.25, 0.3) is 0 Å². The highest BCUT2D eigenvalue weighted by Gasteiger charge is 2.08. The molecule has 0 amide bonds. The van der Waals surface area contributed by atoms with Crippen LogP contribution in [0.15, 0.2) is 18.2 Å². The van der Waals surface area contributed by atoms with Crippen LogP contribution >= 0.6 is 0 Å². The summed E-state index contributed by atoms with van der Waals surface area (Å²) in [6.07, 6.45) is 0.872. The average molecular weight is 197 g/mol. The fourth-order valence-electron chi connectivity index (χ4n) is 1.35. The molecule has 0 saturated carbocycles. The molecule has 0 saturated heterocycles. The maximum absolute atomic E-state index is 12.9. The zero-order valence-corrected chi connectivity index (χ0v) is 8.33. The van der Waals surface area contributed by atoms with Crippen LogP contribution in [0.4, 0.5) is 4.39 Å². The van der Waals surface area contributed by atoms with Crippen molar-refractivity contribution in [2.75, 3.05) is 6.54 Å². The van der Waals surface area contributed by atoms with Gasteiger partial charge in [-0.15, -0.1) is 0 Å². The molecule has 1 rings (SSSR count). The van der Waals surface area contributed by atoms with Gasteiger partial charge < -0.3 is 10.8 Å². The van der Waals surface area contributed by atoms with E-state index < -0.39 is 6.10 Å². The first-order valence-electron chi connectivity index (χ1n) is 4.79. The van der Waals surface area contributed by atoms with Crippen LogP contribution in [0.5, 0.6) is 0 Å². The summed E-state index contributed by atoms with van der Waals surface area (Å²) in [4.78, 5) is 0. The fraction of sp³-hybridized carbons (Fsp3) is 0.455. The topological polar surface area (TPSA) is 46.2 Å². The van der Waals surface area contributed by atoms with Gasteiger partial charge in [-0.25, -0.2) is 4.39 Å². The molecule has 2 nitrogen and oxygen atoms in total. The first kappa shape index (κ1) is 11.1. The third-order valence-corrected chi connectivity index (χ3v) is 2.25. The van der Waals surface area contributed by atoms with Crippen molar-refractivity contribution in [2.24, 2.45) is 5.73 Å². The van der Waals surface area contributed by atoms with E-state index >= 15 is 0 Å². The van der Waals surface area contributed by atoms with Crippen LogP contribution in [0.2, 0.25) is 0 Å². The molecule has 3 heteroatoms. The summed E-state index contributed by atoms with van der Waals surface area (Å²) in [5.41, 5.74) is 6.66. The Kier molecular flexibility index (Phi) is 4.04. The predicted molar refractivity (Wildman–Crippen MR) is 54.4 cm³/mol. The Morgan fingerprint density at radius 1 is 1.50 bits per heavy atom. The molecule has 1 aromatic carbocycles. The maximum atomic E-state index is 12.9. The quantitative estimate of drug-likeness (QED) is 0.774. The van der Waals surface area contributed by atoms with Crippen LogP contribution in [0.1, 0.15) is 30.1 Å². The molecule has 3 N–H and O–H groups in total. The molecule has 0 heterocycles. The Morgan fingerprint density at radius 2 is 2.21 bits per heavy atom. The Morgan fingerprint density at radius 3 is 2.79 bits per heavy atom. The lowest BCUT2D eigenvalue weighted by Crippen LogP contribution is -2.04. The van der Waals surface area contributed by atoms with Crippen molar-refractivity contribution in [1.29, 1.82) is 0 Å². The molecule has 0 fully saturated rings. The normalized spacial score (nSPS) is 12.9. The summed E-state index contributed by atoms with van der Waals surface area (Å²) in [7, 11) is 0. The molecular formula is C11H16FNO. The maximum Gasteiger partial charge on any atom is 0.126 e. The summed E-state index contributed by atoms with van der Waals surface area (Å²) < 4.78 is 12.9. The van der Waals surface area contributed by atoms with Crippen LogP contribution in [-0.2, 0) is 0 Å². The molecule has 0 aliphatic carbocycles. The van der Waals surface area contributed by atoms with E-state index in [1.54, 1.807) is 19.1 Å². The van der Waals surface area contributed by atoms with Gasteiger partial charge >= 0.3 is 0 Å². The van der Waals surface area contributed by atoms with Gasteiger partial charge in [-0.3, -0.25) is 0 Å². The lowest BCUT2D eigenvalue weighted by atomic mass is 10.0.